The van der Waals surface area contributed by atoms with Gasteiger partial charge in [0.1, 0.15) is 0 Å². The first kappa shape index (κ1) is 16.5. The number of rotatable bonds is 5. The normalized spacial score (nSPS) is 19.7. The van der Waals surface area contributed by atoms with Crippen molar-refractivity contribution in [3.05, 3.63) is 35.4 Å². The average molecular weight is 287 g/mol. The maximum Gasteiger partial charge on any atom is 0.0374 e. The van der Waals surface area contributed by atoms with Gasteiger partial charge in [-0.1, -0.05) is 71.7 Å². The van der Waals surface area contributed by atoms with Gasteiger partial charge < -0.3 is 5.32 Å². The zero-order chi connectivity index (χ0) is 15.5. The first-order chi connectivity index (χ1) is 9.87. The SMILES string of the molecule is CCCNC(c1ccc(C(C)(C)C)cc1)C1(C)CCCC1. The molecule has 118 valence electrons. The Bertz CT molecular complexity index is 432. The Morgan fingerprint density at radius 2 is 1.67 bits per heavy atom. The van der Waals surface area contributed by atoms with Crippen LogP contribution in [0.25, 0.3) is 0 Å². The molecule has 1 aromatic rings. The third-order valence-corrected chi connectivity index (χ3v) is 5.15. The summed E-state index contributed by atoms with van der Waals surface area (Å²) in [5.74, 6) is 0. The quantitative estimate of drug-likeness (QED) is 0.742. The monoisotopic (exact) mass is 287 g/mol. The van der Waals surface area contributed by atoms with E-state index in [0.29, 0.717) is 11.5 Å². The van der Waals surface area contributed by atoms with Crippen LogP contribution in [0, 0.1) is 5.41 Å². The predicted octanol–water partition coefficient (Wildman–Crippen LogP) is 5.61. The van der Waals surface area contributed by atoms with Crippen molar-refractivity contribution in [3.63, 3.8) is 0 Å². The Morgan fingerprint density at radius 3 is 2.14 bits per heavy atom. The van der Waals surface area contributed by atoms with E-state index in [1.807, 2.05) is 0 Å². The summed E-state index contributed by atoms with van der Waals surface area (Å²) in [5.41, 5.74) is 3.57. The molecule has 1 aromatic carbocycles. The van der Waals surface area contributed by atoms with Crippen LogP contribution >= 0.6 is 0 Å². The van der Waals surface area contributed by atoms with Crippen LogP contribution in [-0.4, -0.2) is 6.54 Å². The molecule has 0 bridgehead atoms. The van der Waals surface area contributed by atoms with Crippen molar-refractivity contribution in [1.29, 1.82) is 0 Å². The molecule has 1 fully saturated rings. The molecule has 1 nitrogen and oxygen atoms in total. The van der Waals surface area contributed by atoms with Crippen molar-refractivity contribution in [3.8, 4) is 0 Å². The summed E-state index contributed by atoms with van der Waals surface area (Å²) in [6.07, 6.45) is 6.69. The van der Waals surface area contributed by atoms with Gasteiger partial charge in [-0.15, -0.1) is 0 Å². The van der Waals surface area contributed by atoms with E-state index in [4.69, 9.17) is 0 Å². The molecule has 0 radical (unpaired) electrons. The van der Waals surface area contributed by atoms with E-state index in [1.165, 1.54) is 43.2 Å². The molecule has 1 heteroatoms. The third kappa shape index (κ3) is 3.88. The minimum Gasteiger partial charge on any atom is -0.309 e. The van der Waals surface area contributed by atoms with Crippen molar-refractivity contribution >= 4 is 0 Å². The van der Waals surface area contributed by atoms with Gasteiger partial charge in [-0.3, -0.25) is 0 Å². The zero-order valence-electron chi connectivity index (χ0n) is 14.6. The number of nitrogens with one attached hydrogen (secondary N) is 1. The van der Waals surface area contributed by atoms with Crippen LogP contribution in [0.15, 0.2) is 24.3 Å². The summed E-state index contributed by atoms with van der Waals surface area (Å²) in [6, 6.07) is 9.88. The van der Waals surface area contributed by atoms with E-state index in [-0.39, 0.29) is 5.41 Å². The predicted molar refractivity (Wildman–Crippen MR) is 92.8 cm³/mol. The van der Waals surface area contributed by atoms with Gasteiger partial charge in [0.05, 0.1) is 0 Å². The van der Waals surface area contributed by atoms with E-state index in [2.05, 4.69) is 64.2 Å². The molecule has 1 aliphatic carbocycles. The standard InChI is InChI=1S/C20H33N/c1-6-15-21-18(20(5)13-7-8-14-20)16-9-11-17(12-10-16)19(2,3)4/h9-12,18,21H,6-8,13-15H2,1-5H3. The first-order valence-electron chi connectivity index (χ1n) is 8.71. The lowest BCUT2D eigenvalue weighted by Crippen LogP contribution is -2.35. The van der Waals surface area contributed by atoms with Gasteiger partial charge in [-0.05, 0) is 47.8 Å². The Hall–Kier alpha value is -0.820. The van der Waals surface area contributed by atoms with Crippen molar-refractivity contribution in [1.82, 2.24) is 5.32 Å². The summed E-state index contributed by atoms with van der Waals surface area (Å²) in [6.45, 7) is 12.7. The molecule has 0 aromatic heterocycles. The molecule has 1 N–H and O–H groups in total. The van der Waals surface area contributed by atoms with E-state index in [0.717, 1.165) is 6.54 Å². The van der Waals surface area contributed by atoms with Crippen LogP contribution in [0.3, 0.4) is 0 Å². The highest BCUT2D eigenvalue weighted by molar-refractivity contribution is 5.30. The molecule has 0 aliphatic heterocycles. The molecule has 21 heavy (non-hydrogen) atoms. The van der Waals surface area contributed by atoms with E-state index >= 15 is 0 Å². The molecule has 1 atom stereocenters. The van der Waals surface area contributed by atoms with Crippen molar-refractivity contribution in [2.24, 2.45) is 5.41 Å². The molecule has 1 aliphatic rings. The molecule has 1 unspecified atom stereocenters. The molecule has 0 amide bonds. The fraction of sp³-hybridized carbons (Fsp3) is 0.700. The molecular formula is C20H33N. The minimum absolute atomic E-state index is 0.238. The Morgan fingerprint density at radius 1 is 1.10 bits per heavy atom. The van der Waals surface area contributed by atoms with Crippen molar-refractivity contribution in [2.45, 2.75) is 78.2 Å². The zero-order valence-corrected chi connectivity index (χ0v) is 14.6. The topological polar surface area (TPSA) is 12.0 Å². The van der Waals surface area contributed by atoms with Crippen LogP contribution in [-0.2, 0) is 5.41 Å². The van der Waals surface area contributed by atoms with Crippen LogP contribution in [0.4, 0.5) is 0 Å². The fourth-order valence-electron chi connectivity index (χ4n) is 3.70. The number of hydrogen-bond acceptors (Lipinski definition) is 1. The van der Waals surface area contributed by atoms with Crippen molar-refractivity contribution < 1.29 is 0 Å². The molecular weight excluding hydrogens is 254 g/mol. The summed E-state index contributed by atoms with van der Waals surface area (Å²) in [5, 5.41) is 3.83. The summed E-state index contributed by atoms with van der Waals surface area (Å²) in [4.78, 5) is 0. The van der Waals surface area contributed by atoms with E-state index in [9.17, 15) is 0 Å². The molecule has 1 saturated carbocycles. The molecule has 0 heterocycles. The second-order valence-electron chi connectivity index (χ2n) is 8.12. The van der Waals surface area contributed by atoms with Crippen LogP contribution in [0.1, 0.15) is 83.9 Å². The highest BCUT2D eigenvalue weighted by Gasteiger charge is 2.37. The van der Waals surface area contributed by atoms with Gasteiger partial charge in [-0.2, -0.15) is 0 Å². The van der Waals surface area contributed by atoms with Crippen LogP contribution < -0.4 is 5.32 Å². The summed E-state index contributed by atoms with van der Waals surface area (Å²) < 4.78 is 0. The first-order valence-corrected chi connectivity index (χ1v) is 8.71. The minimum atomic E-state index is 0.238. The van der Waals surface area contributed by atoms with Crippen LogP contribution in [0.2, 0.25) is 0 Å². The maximum absolute atomic E-state index is 3.83. The van der Waals surface area contributed by atoms with Gasteiger partial charge in [0.15, 0.2) is 0 Å². The lowest BCUT2D eigenvalue weighted by Gasteiger charge is -2.36. The fourth-order valence-corrected chi connectivity index (χ4v) is 3.70. The number of benzene rings is 1. The Labute approximate surface area is 131 Å². The van der Waals surface area contributed by atoms with Crippen molar-refractivity contribution in [2.75, 3.05) is 6.54 Å². The highest BCUT2D eigenvalue weighted by Crippen LogP contribution is 2.47. The number of hydrogen-bond donors (Lipinski definition) is 1. The van der Waals surface area contributed by atoms with Gasteiger partial charge in [0.25, 0.3) is 0 Å². The second kappa shape index (κ2) is 6.52. The molecule has 2 rings (SSSR count). The van der Waals surface area contributed by atoms with Gasteiger partial charge in [0.2, 0.25) is 0 Å². The van der Waals surface area contributed by atoms with E-state index < -0.39 is 0 Å². The molecule has 0 spiro atoms. The third-order valence-electron chi connectivity index (χ3n) is 5.15. The van der Waals surface area contributed by atoms with Gasteiger partial charge in [-0.25, -0.2) is 0 Å². The lowest BCUT2D eigenvalue weighted by molar-refractivity contribution is 0.223. The highest BCUT2D eigenvalue weighted by atomic mass is 14.9. The van der Waals surface area contributed by atoms with E-state index in [1.54, 1.807) is 0 Å². The Kier molecular flexibility index (Phi) is 5.14. The Balaban J connectivity index is 2.24. The largest absolute Gasteiger partial charge is 0.309 e. The second-order valence-corrected chi connectivity index (χ2v) is 8.12. The van der Waals surface area contributed by atoms with Gasteiger partial charge in [0, 0.05) is 6.04 Å². The van der Waals surface area contributed by atoms with Crippen LogP contribution in [0.5, 0.6) is 0 Å². The summed E-state index contributed by atoms with van der Waals surface area (Å²) in [7, 11) is 0. The smallest absolute Gasteiger partial charge is 0.0374 e. The average Bonchev–Trinajstić information content (AvgIpc) is 2.86. The van der Waals surface area contributed by atoms with Gasteiger partial charge >= 0.3 is 0 Å². The summed E-state index contributed by atoms with van der Waals surface area (Å²) >= 11 is 0. The maximum atomic E-state index is 3.83. The molecule has 0 saturated heterocycles. The lowest BCUT2D eigenvalue weighted by atomic mass is 9.76.